The van der Waals surface area contributed by atoms with Crippen LogP contribution >= 0.6 is 0 Å². The summed E-state index contributed by atoms with van der Waals surface area (Å²) in [7, 11) is 1.12. The lowest BCUT2D eigenvalue weighted by Gasteiger charge is -2.13. The second-order valence-electron chi connectivity index (χ2n) is 4.82. The highest BCUT2D eigenvalue weighted by Gasteiger charge is 2.34. The van der Waals surface area contributed by atoms with Crippen molar-refractivity contribution < 1.29 is 18.3 Å². The Morgan fingerprint density at radius 3 is 2.33 bits per heavy atom. The van der Waals surface area contributed by atoms with Crippen molar-refractivity contribution in [1.82, 2.24) is 9.78 Å². The zero-order valence-electron chi connectivity index (χ0n) is 11.6. The number of aryl methyl sites for hydroxylation is 3. The Bertz CT molecular complexity index is 764. The number of aromatic nitrogens is 2. The number of halogens is 3. The van der Waals surface area contributed by atoms with Gasteiger partial charge in [0, 0.05) is 18.7 Å². The van der Waals surface area contributed by atoms with Crippen molar-refractivity contribution in [3.8, 4) is 17.0 Å². The zero-order chi connectivity index (χ0) is 15.9. The van der Waals surface area contributed by atoms with Gasteiger partial charge in [0.05, 0.1) is 0 Å². The third kappa shape index (κ3) is 2.76. The van der Waals surface area contributed by atoms with Crippen LogP contribution in [0.5, 0.6) is 5.75 Å². The highest BCUT2D eigenvalue weighted by molar-refractivity contribution is 5.66. The lowest BCUT2D eigenvalue weighted by atomic mass is 10.0. The fraction of sp³-hybridized carbons (Fsp3) is 0.286. The Balaban J connectivity index is 2.70. The molecule has 0 unspecified atom stereocenters. The highest BCUT2D eigenvalue weighted by Crippen LogP contribution is 2.30. The molecular weight excluding hydrogens is 285 g/mol. The van der Waals surface area contributed by atoms with E-state index < -0.39 is 17.3 Å². The van der Waals surface area contributed by atoms with E-state index in [4.69, 9.17) is 0 Å². The van der Waals surface area contributed by atoms with Gasteiger partial charge in [0.1, 0.15) is 17.1 Å². The van der Waals surface area contributed by atoms with Crippen LogP contribution in [0, 0.1) is 13.8 Å². The van der Waals surface area contributed by atoms with Crippen molar-refractivity contribution in [2.24, 2.45) is 7.05 Å². The molecule has 0 aliphatic heterocycles. The molecule has 0 atom stereocenters. The van der Waals surface area contributed by atoms with E-state index in [1.54, 1.807) is 19.9 Å². The maximum Gasteiger partial charge on any atom is 0.433 e. The average Bonchev–Trinajstić information content (AvgIpc) is 2.35. The lowest BCUT2D eigenvalue weighted by Crippen LogP contribution is -2.22. The lowest BCUT2D eigenvalue weighted by molar-refractivity contribution is -0.144. The third-order valence-corrected chi connectivity index (χ3v) is 3.19. The number of phenols is 1. The van der Waals surface area contributed by atoms with E-state index in [-0.39, 0.29) is 11.4 Å². The predicted octanol–water partition coefficient (Wildman–Crippen LogP) is 2.79. The second kappa shape index (κ2) is 4.91. The summed E-state index contributed by atoms with van der Waals surface area (Å²) in [4.78, 5) is 11.9. The Labute approximate surface area is 118 Å². The summed E-state index contributed by atoms with van der Waals surface area (Å²) in [5, 5.41) is 13.4. The van der Waals surface area contributed by atoms with E-state index in [0.717, 1.165) is 7.05 Å². The van der Waals surface area contributed by atoms with Crippen LogP contribution in [0.4, 0.5) is 13.2 Å². The number of hydrogen-bond donors (Lipinski definition) is 1. The maximum absolute atomic E-state index is 12.7. The van der Waals surface area contributed by atoms with Crippen LogP contribution in [-0.4, -0.2) is 14.9 Å². The first kappa shape index (κ1) is 15.1. The molecule has 0 aliphatic rings. The first-order chi connectivity index (χ1) is 9.61. The molecule has 0 saturated heterocycles. The number of phenolic OH excluding ortho intramolecular Hbond substituents is 1. The van der Waals surface area contributed by atoms with Gasteiger partial charge in [0.25, 0.3) is 0 Å². The molecule has 4 nitrogen and oxygen atoms in total. The van der Waals surface area contributed by atoms with Crippen LogP contribution in [0.3, 0.4) is 0 Å². The Hall–Kier alpha value is -2.31. The van der Waals surface area contributed by atoms with Gasteiger partial charge in [-0.2, -0.15) is 18.3 Å². The molecular formula is C14H13F3N2O2. The van der Waals surface area contributed by atoms with Gasteiger partial charge < -0.3 is 5.11 Å². The summed E-state index contributed by atoms with van der Waals surface area (Å²) in [6.45, 7) is 3.38. The molecule has 21 heavy (non-hydrogen) atoms. The van der Waals surface area contributed by atoms with E-state index in [1.165, 1.54) is 6.07 Å². The minimum atomic E-state index is -4.65. The summed E-state index contributed by atoms with van der Waals surface area (Å²) in [5.74, 6) is -0.0423. The number of aromatic hydroxyl groups is 1. The SMILES string of the molecule is Cc1cc(C)c(-c2nn(C)c(C(F)(F)F)cc2=O)cc1O. The van der Waals surface area contributed by atoms with Crippen molar-refractivity contribution in [3.05, 3.63) is 45.2 Å². The van der Waals surface area contributed by atoms with Gasteiger partial charge in [-0.05, 0) is 31.0 Å². The van der Waals surface area contributed by atoms with Crippen LogP contribution < -0.4 is 5.43 Å². The quantitative estimate of drug-likeness (QED) is 0.880. The summed E-state index contributed by atoms with van der Waals surface area (Å²) in [6, 6.07) is 3.49. The van der Waals surface area contributed by atoms with Crippen LogP contribution in [-0.2, 0) is 13.2 Å². The van der Waals surface area contributed by atoms with Crippen molar-refractivity contribution >= 4 is 0 Å². The van der Waals surface area contributed by atoms with Crippen LogP contribution in [0.15, 0.2) is 23.0 Å². The Morgan fingerprint density at radius 2 is 1.76 bits per heavy atom. The fourth-order valence-corrected chi connectivity index (χ4v) is 2.09. The van der Waals surface area contributed by atoms with E-state index in [1.807, 2.05) is 0 Å². The maximum atomic E-state index is 12.7. The van der Waals surface area contributed by atoms with E-state index >= 15 is 0 Å². The normalized spacial score (nSPS) is 11.7. The molecule has 0 saturated carbocycles. The number of nitrogens with zero attached hydrogens (tertiary/aromatic N) is 2. The molecule has 0 amide bonds. The summed E-state index contributed by atoms with van der Waals surface area (Å²) in [6.07, 6.45) is -4.65. The van der Waals surface area contributed by atoms with Crippen molar-refractivity contribution in [2.45, 2.75) is 20.0 Å². The molecule has 0 bridgehead atoms. The Morgan fingerprint density at radius 1 is 1.14 bits per heavy atom. The van der Waals surface area contributed by atoms with Gasteiger partial charge in [-0.15, -0.1) is 0 Å². The predicted molar refractivity (Wildman–Crippen MR) is 71.1 cm³/mol. The molecule has 0 spiro atoms. The van der Waals surface area contributed by atoms with Crippen molar-refractivity contribution in [1.29, 1.82) is 0 Å². The van der Waals surface area contributed by atoms with Crippen LogP contribution in [0.25, 0.3) is 11.3 Å². The van der Waals surface area contributed by atoms with Crippen LogP contribution in [0.2, 0.25) is 0 Å². The van der Waals surface area contributed by atoms with E-state index in [9.17, 15) is 23.1 Å². The van der Waals surface area contributed by atoms with Crippen LogP contribution in [0.1, 0.15) is 16.8 Å². The first-order valence-corrected chi connectivity index (χ1v) is 6.07. The largest absolute Gasteiger partial charge is 0.508 e. The van der Waals surface area contributed by atoms with Gasteiger partial charge in [-0.3, -0.25) is 9.48 Å². The molecule has 1 aromatic heterocycles. The minimum absolute atomic E-state index is 0.0423. The standard InChI is InChI=1S/C14H13F3N2O2/c1-7-4-8(2)10(20)5-9(7)13-11(21)6-12(14(15,16)17)19(3)18-13/h4-6,20H,1-3H3. The number of benzene rings is 1. The summed E-state index contributed by atoms with van der Waals surface area (Å²) >= 11 is 0. The van der Waals surface area contributed by atoms with Gasteiger partial charge in [-0.25, -0.2) is 0 Å². The van der Waals surface area contributed by atoms with Gasteiger partial charge in [0.15, 0.2) is 0 Å². The van der Waals surface area contributed by atoms with Gasteiger partial charge >= 0.3 is 6.18 Å². The molecule has 1 heterocycles. The number of rotatable bonds is 1. The fourth-order valence-electron chi connectivity index (χ4n) is 2.09. The molecule has 2 aromatic rings. The third-order valence-electron chi connectivity index (χ3n) is 3.19. The molecule has 112 valence electrons. The topological polar surface area (TPSA) is 55.1 Å². The molecule has 1 aromatic carbocycles. The number of hydrogen-bond acceptors (Lipinski definition) is 3. The minimum Gasteiger partial charge on any atom is -0.508 e. The molecule has 1 N–H and O–H groups in total. The van der Waals surface area contributed by atoms with Crippen molar-refractivity contribution in [3.63, 3.8) is 0 Å². The average molecular weight is 298 g/mol. The molecule has 0 fully saturated rings. The summed E-state index contributed by atoms with van der Waals surface area (Å²) < 4.78 is 38.8. The Kier molecular flexibility index (Phi) is 3.52. The zero-order valence-corrected chi connectivity index (χ0v) is 11.6. The summed E-state index contributed by atoms with van der Waals surface area (Å²) in [5.41, 5.74) is -0.516. The molecule has 7 heteroatoms. The molecule has 0 aliphatic carbocycles. The smallest absolute Gasteiger partial charge is 0.433 e. The number of alkyl halides is 3. The van der Waals surface area contributed by atoms with Gasteiger partial charge in [0.2, 0.25) is 5.43 Å². The van der Waals surface area contributed by atoms with E-state index in [2.05, 4.69) is 5.10 Å². The molecule has 2 rings (SSSR count). The highest BCUT2D eigenvalue weighted by atomic mass is 19.4. The second-order valence-corrected chi connectivity index (χ2v) is 4.82. The molecule has 0 radical (unpaired) electrons. The first-order valence-electron chi connectivity index (χ1n) is 6.07. The van der Waals surface area contributed by atoms with Gasteiger partial charge in [-0.1, -0.05) is 6.07 Å². The van der Waals surface area contributed by atoms with Crippen molar-refractivity contribution in [2.75, 3.05) is 0 Å². The monoisotopic (exact) mass is 298 g/mol. The van der Waals surface area contributed by atoms with E-state index in [0.29, 0.717) is 27.4 Å².